The van der Waals surface area contributed by atoms with E-state index in [2.05, 4.69) is 4.98 Å². The van der Waals surface area contributed by atoms with E-state index in [1.54, 1.807) is 24.3 Å². The van der Waals surface area contributed by atoms with Gasteiger partial charge in [-0.15, -0.1) is 0 Å². The first-order valence-electron chi connectivity index (χ1n) is 7.02. The van der Waals surface area contributed by atoms with Gasteiger partial charge in [0.25, 0.3) is 5.69 Å². The number of benzene rings is 2. The van der Waals surface area contributed by atoms with E-state index in [0.29, 0.717) is 16.7 Å². The molecule has 0 bridgehead atoms. The Morgan fingerprint density at radius 3 is 2.57 bits per heavy atom. The fourth-order valence-electron chi connectivity index (χ4n) is 2.27. The maximum Gasteiger partial charge on any atom is 0.270 e. The molecular formula is C17H13FN2O3. The highest BCUT2D eigenvalue weighted by atomic mass is 19.1. The second kappa shape index (κ2) is 6.39. The first-order valence-corrected chi connectivity index (χ1v) is 7.02. The molecule has 0 saturated heterocycles. The van der Waals surface area contributed by atoms with Crippen molar-refractivity contribution < 1.29 is 14.1 Å². The van der Waals surface area contributed by atoms with Crippen molar-refractivity contribution in [2.24, 2.45) is 0 Å². The highest BCUT2D eigenvalue weighted by molar-refractivity contribution is 5.83. The highest BCUT2D eigenvalue weighted by Crippen LogP contribution is 2.25. The molecule has 1 heterocycles. The summed E-state index contributed by atoms with van der Waals surface area (Å²) in [7, 11) is 0. The van der Waals surface area contributed by atoms with Crippen molar-refractivity contribution in [2.75, 3.05) is 13.3 Å². The summed E-state index contributed by atoms with van der Waals surface area (Å²) in [5, 5.41) is 11.5. The molecule has 0 aliphatic heterocycles. The molecule has 0 unspecified atom stereocenters. The molecule has 0 aliphatic carbocycles. The van der Waals surface area contributed by atoms with Crippen LogP contribution in [0.15, 0.2) is 54.6 Å². The molecule has 0 atom stereocenters. The second-order valence-corrected chi connectivity index (χ2v) is 4.89. The number of halogens is 1. The highest BCUT2D eigenvalue weighted by Gasteiger charge is 2.08. The molecule has 5 nitrogen and oxygen atoms in total. The maximum atomic E-state index is 12.1. The molecule has 0 aliphatic rings. The molecule has 0 fully saturated rings. The summed E-state index contributed by atoms with van der Waals surface area (Å²) in [5.74, 6) is 0.600. The lowest BCUT2D eigenvalue weighted by Crippen LogP contribution is -1.98. The molecular weight excluding hydrogens is 299 g/mol. The van der Waals surface area contributed by atoms with E-state index in [1.807, 2.05) is 18.2 Å². The van der Waals surface area contributed by atoms with Crippen LogP contribution in [0.3, 0.4) is 0 Å². The lowest BCUT2D eigenvalue weighted by Gasteiger charge is -2.06. The van der Waals surface area contributed by atoms with Gasteiger partial charge in [-0.3, -0.25) is 10.1 Å². The number of fused-ring (bicyclic) bond motifs is 1. The molecule has 116 valence electrons. The van der Waals surface area contributed by atoms with E-state index in [0.717, 1.165) is 11.3 Å². The van der Waals surface area contributed by atoms with Gasteiger partial charge in [-0.1, -0.05) is 6.07 Å². The predicted molar refractivity (Wildman–Crippen MR) is 85.3 cm³/mol. The number of pyridine rings is 1. The summed E-state index contributed by atoms with van der Waals surface area (Å²) in [6.07, 6.45) is 0. The van der Waals surface area contributed by atoms with Crippen LogP contribution >= 0.6 is 0 Å². The molecule has 0 spiro atoms. The molecule has 0 radical (unpaired) electrons. The van der Waals surface area contributed by atoms with Crippen LogP contribution < -0.4 is 4.74 Å². The van der Waals surface area contributed by atoms with Gasteiger partial charge < -0.3 is 4.74 Å². The second-order valence-electron chi connectivity index (χ2n) is 4.89. The Labute approximate surface area is 131 Å². The Kier molecular flexibility index (Phi) is 4.14. The molecule has 1 aromatic heterocycles. The minimum absolute atomic E-state index is 0.0341. The van der Waals surface area contributed by atoms with Crippen molar-refractivity contribution in [1.82, 2.24) is 4.98 Å². The minimum Gasteiger partial charge on any atom is -0.491 e. The van der Waals surface area contributed by atoms with Gasteiger partial charge >= 0.3 is 0 Å². The monoisotopic (exact) mass is 312 g/mol. The Morgan fingerprint density at radius 1 is 1.09 bits per heavy atom. The standard InChI is InChI=1S/C17H13FN2O3/c18-9-10-23-15-5-1-12(2-6-15)16-7-3-13-11-14(20(21)22)4-8-17(13)19-16/h1-8,11H,9-10H2. The van der Waals surface area contributed by atoms with Crippen LogP contribution in [0.2, 0.25) is 0 Å². The number of hydrogen-bond donors (Lipinski definition) is 0. The van der Waals surface area contributed by atoms with Gasteiger partial charge in [0.1, 0.15) is 19.0 Å². The maximum absolute atomic E-state index is 12.1. The minimum atomic E-state index is -0.528. The van der Waals surface area contributed by atoms with Crippen LogP contribution in [0.4, 0.5) is 10.1 Å². The van der Waals surface area contributed by atoms with E-state index >= 15 is 0 Å². The van der Waals surface area contributed by atoms with E-state index in [-0.39, 0.29) is 12.3 Å². The number of nitrogens with zero attached hydrogens (tertiary/aromatic N) is 2. The van der Waals surface area contributed by atoms with Gasteiger partial charge in [0.2, 0.25) is 0 Å². The van der Waals surface area contributed by atoms with Gasteiger partial charge in [-0.05, 0) is 36.4 Å². The summed E-state index contributed by atoms with van der Waals surface area (Å²) >= 11 is 0. The average molecular weight is 312 g/mol. The third kappa shape index (κ3) is 3.26. The van der Waals surface area contributed by atoms with Gasteiger partial charge in [0.05, 0.1) is 16.1 Å². The van der Waals surface area contributed by atoms with Crippen LogP contribution in [-0.4, -0.2) is 23.2 Å². The van der Waals surface area contributed by atoms with Crippen LogP contribution in [0.25, 0.3) is 22.2 Å². The first-order chi connectivity index (χ1) is 11.2. The molecule has 0 saturated carbocycles. The van der Waals surface area contributed by atoms with Gasteiger partial charge in [0, 0.05) is 23.1 Å². The number of non-ortho nitro benzene ring substituents is 1. The lowest BCUT2D eigenvalue weighted by atomic mass is 10.1. The Morgan fingerprint density at radius 2 is 1.87 bits per heavy atom. The molecule has 3 aromatic rings. The first kappa shape index (κ1) is 14.9. The average Bonchev–Trinajstić information content (AvgIpc) is 2.59. The summed E-state index contributed by atoms with van der Waals surface area (Å²) < 4.78 is 17.3. The van der Waals surface area contributed by atoms with E-state index in [1.165, 1.54) is 12.1 Å². The smallest absolute Gasteiger partial charge is 0.270 e. The normalized spacial score (nSPS) is 10.7. The SMILES string of the molecule is O=[N+]([O-])c1ccc2nc(-c3ccc(OCCF)cc3)ccc2c1. The molecule has 3 rings (SSSR count). The predicted octanol–water partition coefficient (Wildman–Crippen LogP) is 4.16. The van der Waals surface area contributed by atoms with Crippen LogP contribution in [0.5, 0.6) is 5.75 Å². The number of hydrogen-bond acceptors (Lipinski definition) is 4. The zero-order valence-corrected chi connectivity index (χ0v) is 12.1. The topological polar surface area (TPSA) is 65.3 Å². The van der Waals surface area contributed by atoms with Crippen molar-refractivity contribution >= 4 is 16.6 Å². The summed E-state index contributed by atoms with van der Waals surface area (Å²) in [6.45, 7) is -0.494. The number of nitro groups is 1. The zero-order valence-electron chi connectivity index (χ0n) is 12.1. The van der Waals surface area contributed by atoms with E-state index in [9.17, 15) is 14.5 Å². The van der Waals surface area contributed by atoms with Crippen molar-refractivity contribution in [3.63, 3.8) is 0 Å². The summed E-state index contributed by atoms with van der Waals surface area (Å²) in [5.41, 5.74) is 2.37. The van der Waals surface area contributed by atoms with Crippen molar-refractivity contribution in [2.45, 2.75) is 0 Å². The third-order valence-electron chi connectivity index (χ3n) is 3.38. The van der Waals surface area contributed by atoms with Crippen LogP contribution in [-0.2, 0) is 0 Å². The Balaban J connectivity index is 1.90. The quantitative estimate of drug-likeness (QED) is 0.524. The van der Waals surface area contributed by atoms with Crippen LogP contribution in [0.1, 0.15) is 0 Å². The fraction of sp³-hybridized carbons (Fsp3) is 0.118. The number of ether oxygens (including phenoxy) is 1. The number of rotatable bonds is 5. The van der Waals surface area contributed by atoms with E-state index < -0.39 is 11.6 Å². The molecule has 0 N–H and O–H groups in total. The number of nitro benzene ring substituents is 1. The Hall–Kier alpha value is -3.02. The van der Waals surface area contributed by atoms with Crippen molar-refractivity contribution in [3.05, 3.63) is 64.7 Å². The van der Waals surface area contributed by atoms with Gasteiger partial charge in [-0.2, -0.15) is 0 Å². The number of aromatic nitrogens is 1. The third-order valence-corrected chi connectivity index (χ3v) is 3.38. The van der Waals surface area contributed by atoms with E-state index in [4.69, 9.17) is 4.74 Å². The largest absolute Gasteiger partial charge is 0.491 e. The summed E-state index contributed by atoms with van der Waals surface area (Å²) in [4.78, 5) is 14.9. The molecule has 2 aromatic carbocycles. The zero-order chi connectivity index (χ0) is 16.2. The van der Waals surface area contributed by atoms with Gasteiger partial charge in [0.15, 0.2) is 0 Å². The lowest BCUT2D eigenvalue weighted by molar-refractivity contribution is -0.384. The molecule has 23 heavy (non-hydrogen) atoms. The van der Waals surface area contributed by atoms with Gasteiger partial charge in [-0.25, -0.2) is 9.37 Å². The van der Waals surface area contributed by atoms with Crippen molar-refractivity contribution in [3.8, 4) is 17.0 Å². The van der Waals surface area contributed by atoms with Crippen molar-refractivity contribution in [1.29, 1.82) is 0 Å². The Bertz CT molecular complexity index is 850. The molecule has 6 heteroatoms. The molecule has 0 amide bonds. The summed E-state index contributed by atoms with van der Waals surface area (Å²) in [6, 6.07) is 15.4. The fourth-order valence-corrected chi connectivity index (χ4v) is 2.27. The van der Waals surface area contributed by atoms with Crippen LogP contribution in [0, 0.1) is 10.1 Å². The number of alkyl halides is 1.